The quantitative estimate of drug-likeness (QED) is 0.564. The highest BCUT2D eigenvalue weighted by atomic mass is 32.2. The zero-order valence-electron chi connectivity index (χ0n) is 16.3. The summed E-state index contributed by atoms with van der Waals surface area (Å²) < 4.78 is 27.9. The van der Waals surface area contributed by atoms with Gasteiger partial charge in [-0.3, -0.25) is 4.79 Å². The number of anilines is 1. The molecule has 2 aromatic carbocycles. The second-order valence-corrected chi connectivity index (χ2v) is 9.11. The molecule has 3 aromatic rings. The van der Waals surface area contributed by atoms with E-state index >= 15 is 0 Å². The second kappa shape index (κ2) is 8.78. The number of carbonyl (C=O) groups is 2. The maximum Gasteiger partial charge on any atom is 0.349 e. The van der Waals surface area contributed by atoms with Crippen molar-refractivity contribution in [3.05, 3.63) is 70.4 Å². The third-order valence-corrected chi connectivity index (χ3v) is 6.14. The number of amides is 1. The summed E-state index contributed by atoms with van der Waals surface area (Å²) in [7, 11) is -3.82. The Bertz CT molecular complexity index is 1170. The van der Waals surface area contributed by atoms with Gasteiger partial charge < -0.3 is 10.1 Å². The van der Waals surface area contributed by atoms with Gasteiger partial charge in [-0.2, -0.15) is 0 Å². The molecule has 0 aliphatic carbocycles. The predicted octanol–water partition coefficient (Wildman–Crippen LogP) is 3.55. The molecule has 0 saturated carbocycles. The predicted molar refractivity (Wildman–Crippen MR) is 116 cm³/mol. The molecule has 3 N–H and O–H groups in total. The highest BCUT2D eigenvalue weighted by molar-refractivity contribution is 7.89. The van der Waals surface area contributed by atoms with Crippen LogP contribution in [0.2, 0.25) is 0 Å². The van der Waals surface area contributed by atoms with Crippen LogP contribution in [-0.4, -0.2) is 26.4 Å². The summed E-state index contributed by atoms with van der Waals surface area (Å²) in [5.41, 5.74) is 3.10. The Morgan fingerprint density at radius 1 is 1.03 bits per heavy atom. The van der Waals surface area contributed by atoms with Crippen LogP contribution in [0.15, 0.2) is 64.9 Å². The molecule has 1 heterocycles. The fraction of sp³-hybridized carbons (Fsp3) is 0.143. The Labute approximate surface area is 178 Å². The molecule has 0 aliphatic heterocycles. The van der Waals surface area contributed by atoms with Crippen molar-refractivity contribution in [3.8, 4) is 11.1 Å². The molecule has 1 aromatic heterocycles. The van der Waals surface area contributed by atoms with Gasteiger partial charge >= 0.3 is 5.97 Å². The van der Waals surface area contributed by atoms with Gasteiger partial charge in [0.15, 0.2) is 6.10 Å². The van der Waals surface area contributed by atoms with Gasteiger partial charge in [0, 0.05) is 11.3 Å². The van der Waals surface area contributed by atoms with Crippen molar-refractivity contribution in [3.63, 3.8) is 0 Å². The molecular weight excluding hydrogens is 424 g/mol. The summed E-state index contributed by atoms with van der Waals surface area (Å²) in [6.45, 7) is 3.44. The maximum atomic E-state index is 12.6. The second-order valence-electron chi connectivity index (χ2n) is 6.64. The number of ether oxygens (including phenoxy) is 1. The van der Waals surface area contributed by atoms with Crippen LogP contribution < -0.4 is 10.5 Å². The Balaban J connectivity index is 1.67. The van der Waals surface area contributed by atoms with Gasteiger partial charge in [-0.1, -0.05) is 29.8 Å². The average molecular weight is 445 g/mol. The molecule has 1 unspecified atom stereocenters. The highest BCUT2D eigenvalue weighted by Gasteiger charge is 2.22. The molecule has 1 amide bonds. The van der Waals surface area contributed by atoms with E-state index in [9.17, 15) is 18.0 Å². The van der Waals surface area contributed by atoms with Gasteiger partial charge in [0.2, 0.25) is 10.0 Å². The molecule has 0 saturated heterocycles. The van der Waals surface area contributed by atoms with Crippen molar-refractivity contribution in [2.45, 2.75) is 24.8 Å². The summed E-state index contributed by atoms with van der Waals surface area (Å²) in [6.07, 6.45) is -1.05. The molecule has 1 atom stereocenters. The van der Waals surface area contributed by atoms with E-state index in [1.807, 2.05) is 37.3 Å². The smallest absolute Gasteiger partial charge is 0.349 e. The monoisotopic (exact) mass is 444 g/mol. The van der Waals surface area contributed by atoms with Crippen LogP contribution >= 0.6 is 11.3 Å². The summed E-state index contributed by atoms with van der Waals surface area (Å²) in [5, 5.41) is 9.42. The lowest BCUT2D eigenvalue weighted by molar-refractivity contribution is -0.123. The van der Waals surface area contributed by atoms with Crippen LogP contribution in [0.25, 0.3) is 11.1 Å². The number of hydrogen-bond donors (Lipinski definition) is 2. The average Bonchev–Trinajstić information content (AvgIpc) is 3.18. The SMILES string of the molecule is Cc1ccc(-c2ccsc2C(=O)OC(C)C(=O)Nc2ccc(S(N)(=O)=O)cc2)cc1. The molecule has 156 valence electrons. The van der Waals surface area contributed by atoms with Crippen molar-refractivity contribution in [2.75, 3.05) is 5.32 Å². The fourth-order valence-electron chi connectivity index (χ4n) is 2.67. The van der Waals surface area contributed by atoms with E-state index in [-0.39, 0.29) is 4.90 Å². The van der Waals surface area contributed by atoms with Crippen LogP contribution in [0.5, 0.6) is 0 Å². The van der Waals surface area contributed by atoms with E-state index in [1.165, 1.54) is 42.5 Å². The number of rotatable bonds is 6. The third kappa shape index (κ3) is 5.12. The number of thiophene rings is 1. The minimum atomic E-state index is -3.82. The minimum Gasteiger partial charge on any atom is -0.448 e. The lowest BCUT2D eigenvalue weighted by atomic mass is 10.1. The number of aryl methyl sites for hydroxylation is 1. The Morgan fingerprint density at radius 3 is 2.27 bits per heavy atom. The van der Waals surface area contributed by atoms with E-state index in [4.69, 9.17) is 9.88 Å². The fourth-order valence-corrected chi connectivity index (χ4v) is 3.98. The highest BCUT2D eigenvalue weighted by Crippen LogP contribution is 2.29. The number of carbonyl (C=O) groups excluding carboxylic acids is 2. The zero-order valence-corrected chi connectivity index (χ0v) is 17.9. The van der Waals surface area contributed by atoms with Gasteiger partial charge in [-0.25, -0.2) is 18.4 Å². The first kappa shape index (κ1) is 21.7. The van der Waals surface area contributed by atoms with Crippen molar-refractivity contribution in [1.29, 1.82) is 0 Å². The molecule has 0 aliphatic rings. The largest absolute Gasteiger partial charge is 0.448 e. The number of benzene rings is 2. The number of nitrogens with one attached hydrogen (secondary N) is 1. The van der Waals surface area contributed by atoms with E-state index in [2.05, 4.69) is 5.32 Å². The normalized spacial score (nSPS) is 12.2. The van der Waals surface area contributed by atoms with Crippen LogP contribution in [0.1, 0.15) is 22.2 Å². The van der Waals surface area contributed by atoms with Crippen LogP contribution in [0.3, 0.4) is 0 Å². The number of esters is 1. The summed E-state index contributed by atoms with van der Waals surface area (Å²) >= 11 is 1.24. The number of hydrogen-bond acceptors (Lipinski definition) is 6. The van der Waals surface area contributed by atoms with Crippen LogP contribution in [-0.2, 0) is 19.6 Å². The molecule has 0 radical (unpaired) electrons. The first-order chi connectivity index (χ1) is 14.1. The van der Waals surface area contributed by atoms with Crippen LogP contribution in [0, 0.1) is 6.92 Å². The lowest BCUT2D eigenvalue weighted by Gasteiger charge is -2.14. The van der Waals surface area contributed by atoms with Crippen molar-refractivity contribution < 1.29 is 22.7 Å². The summed E-state index contributed by atoms with van der Waals surface area (Å²) in [6, 6.07) is 15.0. The van der Waals surface area contributed by atoms with E-state index < -0.39 is 28.0 Å². The number of primary sulfonamides is 1. The topological polar surface area (TPSA) is 116 Å². The van der Waals surface area contributed by atoms with E-state index in [0.29, 0.717) is 10.6 Å². The van der Waals surface area contributed by atoms with Crippen molar-refractivity contribution in [2.24, 2.45) is 5.14 Å². The van der Waals surface area contributed by atoms with E-state index in [0.717, 1.165) is 16.7 Å². The minimum absolute atomic E-state index is 0.0682. The first-order valence-electron chi connectivity index (χ1n) is 8.94. The molecule has 3 rings (SSSR count). The third-order valence-electron chi connectivity index (χ3n) is 4.32. The van der Waals surface area contributed by atoms with Crippen LogP contribution in [0.4, 0.5) is 5.69 Å². The molecule has 7 nitrogen and oxygen atoms in total. The van der Waals surface area contributed by atoms with Crippen molar-refractivity contribution >= 4 is 38.9 Å². The summed E-state index contributed by atoms with van der Waals surface area (Å²) in [5.74, 6) is -1.13. The molecule has 0 fully saturated rings. The van der Waals surface area contributed by atoms with Gasteiger partial charge in [0.05, 0.1) is 4.90 Å². The van der Waals surface area contributed by atoms with Gasteiger partial charge in [-0.05, 0) is 55.1 Å². The zero-order chi connectivity index (χ0) is 21.9. The van der Waals surface area contributed by atoms with Gasteiger partial charge in [0.1, 0.15) is 4.88 Å². The maximum absolute atomic E-state index is 12.6. The van der Waals surface area contributed by atoms with E-state index in [1.54, 1.807) is 5.38 Å². The molecule has 0 bridgehead atoms. The number of sulfonamides is 1. The standard InChI is InChI=1S/C21H20N2O5S2/c1-13-3-5-15(6-4-13)18-11-12-29-19(18)21(25)28-14(2)20(24)23-16-7-9-17(10-8-16)30(22,26)27/h3-12,14H,1-2H3,(H,23,24)(H2,22,26,27). The molecular formula is C21H20N2O5S2. The molecule has 9 heteroatoms. The Kier molecular flexibility index (Phi) is 6.35. The van der Waals surface area contributed by atoms with Gasteiger partial charge in [0.25, 0.3) is 5.91 Å². The molecule has 0 spiro atoms. The van der Waals surface area contributed by atoms with Crippen molar-refractivity contribution in [1.82, 2.24) is 0 Å². The Hall–Kier alpha value is -3.01. The lowest BCUT2D eigenvalue weighted by Crippen LogP contribution is -2.29. The van der Waals surface area contributed by atoms with Gasteiger partial charge in [-0.15, -0.1) is 11.3 Å². The number of nitrogens with two attached hydrogens (primary N) is 1. The summed E-state index contributed by atoms with van der Waals surface area (Å²) in [4.78, 5) is 25.3. The molecule has 30 heavy (non-hydrogen) atoms. The Morgan fingerprint density at radius 2 is 1.67 bits per heavy atom. The first-order valence-corrected chi connectivity index (χ1v) is 11.4.